The van der Waals surface area contributed by atoms with Crippen LogP contribution in [0.25, 0.3) is 0 Å². The van der Waals surface area contributed by atoms with Gasteiger partial charge in [-0.05, 0) is 63.0 Å². The second-order valence-corrected chi connectivity index (χ2v) is 11.7. The fourth-order valence-corrected chi connectivity index (χ4v) is 5.52. The summed E-state index contributed by atoms with van der Waals surface area (Å²) >= 11 is 0. The quantitative estimate of drug-likeness (QED) is 0.589. The molecule has 3 amide bonds. The average molecular weight is 530 g/mol. The lowest BCUT2D eigenvalue weighted by Crippen LogP contribution is -2.67. The molecule has 3 atom stereocenters. The van der Waals surface area contributed by atoms with Crippen molar-refractivity contribution in [3.8, 4) is 0 Å². The van der Waals surface area contributed by atoms with Crippen molar-refractivity contribution >= 4 is 17.7 Å². The van der Waals surface area contributed by atoms with Gasteiger partial charge in [0, 0.05) is 17.7 Å². The molecule has 9 heteroatoms. The minimum atomic E-state index is -1.82. The van der Waals surface area contributed by atoms with E-state index in [1.54, 1.807) is 20.8 Å². The molecular formula is C29H34F3N3O3. The Kier molecular flexibility index (Phi) is 7.59. The van der Waals surface area contributed by atoms with Crippen molar-refractivity contribution in [2.75, 3.05) is 0 Å². The van der Waals surface area contributed by atoms with Crippen molar-refractivity contribution in [1.82, 2.24) is 15.5 Å². The molecule has 1 saturated heterocycles. The van der Waals surface area contributed by atoms with E-state index in [1.807, 2.05) is 38.1 Å². The normalized spacial score (nSPS) is 20.9. The van der Waals surface area contributed by atoms with Gasteiger partial charge in [-0.15, -0.1) is 0 Å². The summed E-state index contributed by atoms with van der Waals surface area (Å²) in [5.74, 6) is -6.06. The van der Waals surface area contributed by atoms with Crippen LogP contribution in [-0.2, 0) is 27.2 Å². The van der Waals surface area contributed by atoms with Gasteiger partial charge in [-0.3, -0.25) is 14.4 Å². The minimum absolute atomic E-state index is 0.0809. The number of piperazine rings is 1. The third kappa shape index (κ3) is 5.56. The molecule has 1 aliphatic carbocycles. The van der Waals surface area contributed by atoms with Gasteiger partial charge in [0.1, 0.15) is 35.6 Å². The van der Waals surface area contributed by atoms with E-state index in [2.05, 4.69) is 10.6 Å². The Morgan fingerprint density at radius 3 is 2.11 bits per heavy atom. The highest BCUT2D eigenvalue weighted by Crippen LogP contribution is 2.37. The Bertz CT molecular complexity index is 1210. The molecule has 0 radical (unpaired) electrons. The van der Waals surface area contributed by atoms with Gasteiger partial charge >= 0.3 is 0 Å². The van der Waals surface area contributed by atoms with Gasteiger partial charge in [0.05, 0.1) is 5.56 Å². The van der Waals surface area contributed by atoms with E-state index < -0.39 is 64.4 Å². The number of halogens is 3. The molecule has 2 aromatic carbocycles. The molecule has 0 aromatic heterocycles. The van der Waals surface area contributed by atoms with Crippen molar-refractivity contribution in [2.45, 2.75) is 77.5 Å². The van der Waals surface area contributed by atoms with Gasteiger partial charge in [-0.25, -0.2) is 13.2 Å². The first-order valence-electron chi connectivity index (χ1n) is 12.9. The van der Waals surface area contributed by atoms with Gasteiger partial charge in [0.25, 0.3) is 0 Å². The van der Waals surface area contributed by atoms with E-state index in [0.717, 1.165) is 16.0 Å². The standard InChI is InChI=1S/C29H34F3N3O3/c1-15(2)10-22-26(36)33-24(18-11-16-8-6-7-9-17(16)12-18)28(38)35(22)25(27(37)34-29(3,4)5)23-20(31)13-19(30)14-21(23)32/h6-9,13-15,18,22,24-25H,10-12H2,1-5H3,(H,33,36)(H,34,37)/t22-,24?,25+/m1/s1. The van der Waals surface area contributed by atoms with Gasteiger partial charge in [0.2, 0.25) is 17.7 Å². The van der Waals surface area contributed by atoms with Crippen LogP contribution in [0.1, 0.15) is 63.8 Å². The number of amides is 3. The molecule has 1 unspecified atom stereocenters. The molecule has 1 aliphatic heterocycles. The first-order valence-corrected chi connectivity index (χ1v) is 12.9. The SMILES string of the molecule is CC(C)C[C@@H]1C(=O)NC(C2Cc3ccccc3C2)C(=O)N1[C@H](C(=O)NC(C)(C)C)c1c(F)cc(F)cc1F. The van der Waals surface area contributed by atoms with E-state index in [1.165, 1.54) is 0 Å². The van der Waals surface area contributed by atoms with Gasteiger partial charge in [-0.2, -0.15) is 0 Å². The zero-order valence-electron chi connectivity index (χ0n) is 22.3. The van der Waals surface area contributed by atoms with Crippen molar-refractivity contribution in [2.24, 2.45) is 11.8 Å². The number of rotatable bonds is 6. The van der Waals surface area contributed by atoms with Crippen LogP contribution in [0.2, 0.25) is 0 Å². The summed E-state index contributed by atoms with van der Waals surface area (Å²) in [6.07, 6.45) is 1.24. The Labute approximate surface area is 221 Å². The number of hydrogen-bond donors (Lipinski definition) is 2. The molecule has 0 saturated carbocycles. The number of carbonyl (C=O) groups excluding carboxylic acids is 3. The lowest BCUT2D eigenvalue weighted by molar-refractivity contribution is -0.158. The lowest BCUT2D eigenvalue weighted by atomic mass is 9.87. The molecule has 38 heavy (non-hydrogen) atoms. The lowest BCUT2D eigenvalue weighted by Gasteiger charge is -2.45. The smallest absolute Gasteiger partial charge is 0.248 e. The fraction of sp³-hybridized carbons (Fsp3) is 0.483. The molecule has 6 nitrogen and oxygen atoms in total. The second-order valence-electron chi connectivity index (χ2n) is 11.7. The number of benzene rings is 2. The predicted molar refractivity (Wildman–Crippen MR) is 136 cm³/mol. The van der Waals surface area contributed by atoms with Crippen LogP contribution in [0.3, 0.4) is 0 Å². The van der Waals surface area contributed by atoms with E-state index in [0.29, 0.717) is 25.0 Å². The predicted octanol–water partition coefficient (Wildman–Crippen LogP) is 4.22. The molecule has 2 N–H and O–H groups in total. The minimum Gasteiger partial charge on any atom is -0.349 e. The Morgan fingerprint density at radius 1 is 1.05 bits per heavy atom. The maximum Gasteiger partial charge on any atom is 0.248 e. The molecule has 204 valence electrons. The summed E-state index contributed by atoms with van der Waals surface area (Å²) in [5.41, 5.74) is 0.545. The molecule has 0 bridgehead atoms. The molecule has 1 heterocycles. The maximum absolute atomic E-state index is 15.2. The Morgan fingerprint density at radius 2 is 1.61 bits per heavy atom. The first kappa shape index (κ1) is 27.7. The van der Waals surface area contributed by atoms with Crippen LogP contribution >= 0.6 is 0 Å². The van der Waals surface area contributed by atoms with Crippen molar-refractivity contribution in [3.05, 3.63) is 70.5 Å². The summed E-state index contributed by atoms with van der Waals surface area (Å²) in [6, 6.07) is 4.74. The number of nitrogens with zero attached hydrogens (tertiary/aromatic N) is 1. The number of fused-ring (bicyclic) bond motifs is 1. The van der Waals surface area contributed by atoms with E-state index >= 15 is 8.78 Å². The van der Waals surface area contributed by atoms with E-state index in [9.17, 15) is 18.8 Å². The van der Waals surface area contributed by atoms with Crippen LogP contribution < -0.4 is 10.6 Å². The summed E-state index contributed by atoms with van der Waals surface area (Å²) < 4.78 is 44.2. The molecule has 2 aliphatic rings. The topological polar surface area (TPSA) is 78.5 Å². The van der Waals surface area contributed by atoms with Crippen molar-refractivity contribution < 1.29 is 27.6 Å². The van der Waals surface area contributed by atoms with E-state index in [4.69, 9.17) is 0 Å². The molecular weight excluding hydrogens is 495 g/mol. The van der Waals surface area contributed by atoms with E-state index in [-0.39, 0.29) is 18.3 Å². The second kappa shape index (κ2) is 10.4. The highest BCUT2D eigenvalue weighted by Gasteiger charge is 2.50. The van der Waals surface area contributed by atoms with Crippen LogP contribution in [0, 0.1) is 29.3 Å². The average Bonchev–Trinajstić information content (AvgIpc) is 3.22. The first-order chi connectivity index (χ1) is 17.8. The largest absolute Gasteiger partial charge is 0.349 e. The Hall–Kier alpha value is -3.36. The number of carbonyl (C=O) groups is 3. The summed E-state index contributed by atoms with van der Waals surface area (Å²) in [7, 11) is 0. The monoisotopic (exact) mass is 529 g/mol. The third-order valence-electron chi connectivity index (χ3n) is 7.05. The summed E-state index contributed by atoms with van der Waals surface area (Å²) in [6.45, 7) is 8.76. The molecule has 2 aromatic rings. The number of hydrogen-bond acceptors (Lipinski definition) is 3. The van der Waals surface area contributed by atoms with Gasteiger partial charge in [0.15, 0.2) is 0 Å². The van der Waals surface area contributed by atoms with Crippen LogP contribution in [0.4, 0.5) is 13.2 Å². The van der Waals surface area contributed by atoms with Gasteiger partial charge in [-0.1, -0.05) is 38.1 Å². The maximum atomic E-state index is 15.2. The third-order valence-corrected chi connectivity index (χ3v) is 7.05. The Balaban J connectivity index is 1.83. The van der Waals surface area contributed by atoms with Crippen LogP contribution in [0.5, 0.6) is 0 Å². The number of nitrogens with one attached hydrogen (secondary N) is 2. The fourth-order valence-electron chi connectivity index (χ4n) is 5.52. The van der Waals surface area contributed by atoms with Gasteiger partial charge < -0.3 is 15.5 Å². The summed E-state index contributed by atoms with van der Waals surface area (Å²) in [4.78, 5) is 42.4. The summed E-state index contributed by atoms with van der Waals surface area (Å²) in [5, 5.41) is 5.55. The highest BCUT2D eigenvalue weighted by molar-refractivity contribution is 6.00. The van der Waals surface area contributed by atoms with Crippen molar-refractivity contribution in [1.29, 1.82) is 0 Å². The molecule has 1 fully saturated rings. The van der Waals surface area contributed by atoms with Crippen LogP contribution in [-0.4, -0.2) is 40.2 Å². The molecule has 0 spiro atoms. The zero-order valence-corrected chi connectivity index (χ0v) is 22.3. The highest BCUT2D eigenvalue weighted by atomic mass is 19.1. The van der Waals surface area contributed by atoms with Crippen LogP contribution in [0.15, 0.2) is 36.4 Å². The molecule has 4 rings (SSSR count). The van der Waals surface area contributed by atoms with Crippen molar-refractivity contribution in [3.63, 3.8) is 0 Å². The zero-order chi connectivity index (χ0) is 27.9.